The zero-order valence-corrected chi connectivity index (χ0v) is 19.2. The molecule has 0 saturated carbocycles. The topological polar surface area (TPSA) is 63.9 Å². The van der Waals surface area contributed by atoms with Gasteiger partial charge in [0.1, 0.15) is 16.0 Å². The molecule has 1 aliphatic heterocycles. The van der Waals surface area contributed by atoms with Crippen molar-refractivity contribution in [2.45, 2.75) is 26.6 Å². The van der Waals surface area contributed by atoms with Crippen molar-refractivity contribution in [1.82, 2.24) is 19.7 Å². The molecule has 10 heteroatoms. The molecule has 0 aliphatic carbocycles. The molecule has 0 bridgehead atoms. The third-order valence-electron chi connectivity index (χ3n) is 5.73. The van der Waals surface area contributed by atoms with Crippen LogP contribution < -0.4 is 4.90 Å². The summed E-state index contributed by atoms with van der Waals surface area (Å²) in [7, 11) is 0. The SMILES string of the molecule is Cc1cc(-c2ccc3nc(C(F)(F)F)ccc3n2)ccc1N1CCn2nc(Br)c(C)c2C1=O. The first kappa shape index (κ1) is 21.6. The van der Waals surface area contributed by atoms with Crippen LogP contribution in [0.4, 0.5) is 18.9 Å². The van der Waals surface area contributed by atoms with Crippen molar-refractivity contribution in [3.63, 3.8) is 0 Å². The van der Waals surface area contributed by atoms with Gasteiger partial charge in [0, 0.05) is 23.4 Å². The number of alkyl halides is 3. The zero-order valence-electron chi connectivity index (χ0n) is 17.6. The number of rotatable bonds is 2. The molecule has 1 amide bonds. The molecule has 0 spiro atoms. The van der Waals surface area contributed by atoms with Crippen LogP contribution in [0.2, 0.25) is 0 Å². The summed E-state index contributed by atoms with van der Waals surface area (Å²) in [6, 6.07) is 11.1. The van der Waals surface area contributed by atoms with Gasteiger partial charge in [0.25, 0.3) is 5.91 Å². The molecule has 1 aromatic carbocycles. The van der Waals surface area contributed by atoms with Crippen LogP contribution in [0.1, 0.15) is 27.3 Å². The monoisotopic (exact) mass is 515 g/mol. The van der Waals surface area contributed by atoms with Crippen LogP contribution in [-0.4, -0.2) is 32.2 Å². The number of halogens is 4. The van der Waals surface area contributed by atoms with Crippen molar-refractivity contribution >= 4 is 38.6 Å². The fourth-order valence-electron chi connectivity index (χ4n) is 4.05. The van der Waals surface area contributed by atoms with E-state index in [0.717, 1.165) is 28.4 Å². The Hall–Kier alpha value is -3.27. The first-order chi connectivity index (χ1) is 15.6. The van der Waals surface area contributed by atoms with Gasteiger partial charge < -0.3 is 4.90 Å². The van der Waals surface area contributed by atoms with Gasteiger partial charge in [-0.25, -0.2) is 9.97 Å². The van der Waals surface area contributed by atoms with Crippen molar-refractivity contribution in [1.29, 1.82) is 0 Å². The maximum Gasteiger partial charge on any atom is 0.433 e. The number of benzene rings is 1. The van der Waals surface area contributed by atoms with Gasteiger partial charge in [0.2, 0.25) is 0 Å². The molecule has 0 saturated heterocycles. The predicted octanol–water partition coefficient (Wildman–Crippen LogP) is 5.55. The van der Waals surface area contributed by atoms with E-state index in [0.29, 0.717) is 34.6 Å². The molecule has 0 atom stereocenters. The molecular formula is C23H17BrF3N5O. The summed E-state index contributed by atoms with van der Waals surface area (Å²) < 4.78 is 41.1. The summed E-state index contributed by atoms with van der Waals surface area (Å²) in [5, 5.41) is 4.36. The number of amides is 1. The molecule has 6 nitrogen and oxygen atoms in total. The van der Waals surface area contributed by atoms with E-state index >= 15 is 0 Å². The average molecular weight is 516 g/mol. The number of aryl methyl sites for hydroxylation is 1. The van der Waals surface area contributed by atoms with E-state index in [2.05, 4.69) is 31.0 Å². The smallest absolute Gasteiger partial charge is 0.305 e. The number of aromatic nitrogens is 4. The van der Waals surface area contributed by atoms with Gasteiger partial charge in [-0.1, -0.05) is 6.07 Å². The van der Waals surface area contributed by atoms with Gasteiger partial charge in [0.15, 0.2) is 0 Å². The van der Waals surface area contributed by atoms with E-state index in [-0.39, 0.29) is 11.4 Å². The minimum Gasteiger partial charge on any atom is -0.305 e. The van der Waals surface area contributed by atoms with Gasteiger partial charge in [0.05, 0.1) is 23.3 Å². The predicted molar refractivity (Wildman–Crippen MR) is 121 cm³/mol. The fourth-order valence-corrected chi connectivity index (χ4v) is 4.43. The number of carbonyl (C=O) groups is 1. The van der Waals surface area contributed by atoms with Crippen molar-refractivity contribution in [2.75, 3.05) is 11.4 Å². The van der Waals surface area contributed by atoms with Crippen LogP contribution in [0, 0.1) is 13.8 Å². The first-order valence-corrected chi connectivity index (χ1v) is 10.9. The minimum absolute atomic E-state index is 0.108. The quantitative estimate of drug-likeness (QED) is 0.351. The molecule has 4 aromatic rings. The van der Waals surface area contributed by atoms with Crippen LogP contribution >= 0.6 is 15.9 Å². The van der Waals surface area contributed by atoms with E-state index in [1.165, 1.54) is 12.1 Å². The van der Waals surface area contributed by atoms with Crippen LogP contribution in [-0.2, 0) is 12.7 Å². The lowest BCUT2D eigenvalue weighted by Crippen LogP contribution is -2.41. The number of pyridine rings is 2. The number of nitrogens with zero attached hydrogens (tertiary/aromatic N) is 5. The number of hydrogen-bond donors (Lipinski definition) is 0. The van der Waals surface area contributed by atoms with Crippen LogP contribution in [0.15, 0.2) is 47.1 Å². The summed E-state index contributed by atoms with van der Waals surface area (Å²) in [5.74, 6) is -0.108. The lowest BCUT2D eigenvalue weighted by molar-refractivity contribution is -0.140. The fraction of sp³-hybridized carbons (Fsp3) is 0.217. The van der Waals surface area contributed by atoms with Crippen molar-refractivity contribution in [3.05, 3.63) is 69.6 Å². The highest BCUT2D eigenvalue weighted by atomic mass is 79.9. The standard InChI is InChI=1S/C23H17BrF3N5O/c1-12-11-14(15-4-5-17-16(28-15)6-8-19(29-17)23(25,26)27)3-7-18(12)31-9-10-32-20(22(31)33)13(2)21(24)30-32/h3-8,11H,9-10H2,1-2H3. The van der Waals surface area contributed by atoms with Crippen LogP contribution in [0.25, 0.3) is 22.3 Å². The van der Waals surface area contributed by atoms with Crippen molar-refractivity contribution in [2.24, 2.45) is 0 Å². The molecule has 4 heterocycles. The van der Waals surface area contributed by atoms with E-state index < -0.39 is 11.9 Å². The Kier molecular flexibility index (Phi) is 5.00. The Bertz CT molecular complexity index is 1430. The molecule has 5 rings (SSSR count). The third kappa shape index (κ3) is 3.68. The van der Waals surface area contributed by atoms with Gasteiger partial charge in [-0.3, -0.25) is 9.48 Å². The summed E-state index contributed by atoms with van der Waals surface area (Å²) >= 11 is 3.39. The maximum atomic E-state index is 13.1. The molecule has 0 unspecified atom stereocenters. The second-order valence-electron chi connectivity index (χ2n) is 7.87. The Labute approximate surface area is 195 Å². The normalized spacial score (nSPS) is 14.1. The Morgan fingerprint density at radius 2 is 1.70 bits per heavy atom. The first-order valence-electron chi connectivity index (χ1n) is 10.1. The Morgan fingerprint density at radius 3 is 2.42 bits per heavy atom. The number of carbonyl (C=O) groups excluding carboxylic acids is 1. The highest BCUT2D eigenvalue weighted by Gasteiger charge is 2.33. The molecule has 3 aromatic heterocycles. The number of anilines is 1. The van der Waals surface area contributed by atoms with E-state index in [9.17, 15) is 18.0 Å². The molecule has 0 fully saturated rings. The average Bonchev–Trinajstić information content (AvgIpc) is 3.07. The molecular weight excluding hydrogens is 499 g/mol. The van der Waals surface area contributed by atoms with Gasteiger partial charge >= 0.3 is 6.18 Å². The third-order valence-corrected chi connectivity index (χ3v) is 6.48. The molecule has 1 aliphatic rings. The van der Waals surface area contributed by atoms with E-state index in [1.807, 2.05) is 32.0 Å². The molecule has 33 heavy (non-hydrogen) atoms. The van der Waals surface area contributed by atoms with Gasteiger partial charge in [-0.15, -0.1) is 0 Å². The molecule has 0 N–H and O–H groups in total. The minimum atomic E-state index is -4.50. The maximum absolute atomic E-state index is 13.1. The molecule has 0 radical (unpaired) electrons. The Morgan fingerprint density at radius 1 is 0.970 bits per heavy atom. The largest absolute Gasteiger partial charge is 0.433 e. The second-order valence-corrected chi connectivity index (χ2v) is 8.63. The Balaban J connectivity index is 1.47. The van der Waals surface area contributed by atoms with Gasteiger partial charge in [-0.05, 0) is 71.7 Å². The lowest BCUT2D eigenvalue weighted by Gasteiger charge is -2.29. The van der Waals surface area contributed by atoms with Crippen molar-refractivity contribution < 1.29 is 18.0 Å². The molecule has 168 valence electrons. The number of hydrogen-bond acceptors (Lipinski definition) is 4. The lowest BCUT2D eigenvalue weighted by atomic mass is 10.0. The summed E-state index contributed by atoms with van der Waals surface area (Å²) in [4.78, 5) is 23.0. The van der Waals surface area contributed by atoms with E-state index in [1.54, 1.807) is 15.6 Å². The van der Waals surface area contributed by atoms with E-state index in [4.69, 9.17) is 0 Å². The summed E-state index contributed by atoms with van der Waals surface area (Å²) in [6.45, 7) is 4.87. The van der Waals surface area contributed by atoms with Crippen molar-refractivity contribution in [3.8, 4) is 11.3 Å². The highest BCUT2D eigenvalue weighted by Crippen LogP contribution is 2.32. The van der Waals surface area contributed by atoms with Crippen LogP contribution in [0.3, 0.4) is 0 Å². The number of fused-ring (bicyclic) bond motifs is 2. The highest BCUT2D eigenvalue weighted by molar-refractivity contribution is 9.10. The zero-order chi connectivity index (χ0) is 23.5. The van der Waals surface area contributed by atoms with Crippen LogP contribution in [0.5, 0.6) is 0 Å². The summed E-state index contributed by atoms with van der Waals surface area (Å²) in [6.07, 6.45) is -4.50. The summed E-state index contributed by atoms with van der Waals surface area (Å²) in [5.41, 5.74) is 4.08. The van der Waals surface area contributed by atoms with Gasteiger partial charge in [-0.2, -0.15) is 18.3 Å². The second kappa shape index (κ2) is 7.65.